The number of aromatic nitrogens is 1. The Morgan fingerprint density at radius 3 is 2.52 bits per heavy atom. The van der Waals surface area contributed by atoms with E-state index in [9.17, 15) is 9.59 Å². The molecule has 0 saturated heterocycles. The standard InChI is InChI=1S/C20H26N2O3/c1-5-22(13-16-8-10-21-11-9-16)19(23)18-15(4)12-17(25-20(18)24)7-6-14(2)3/h8-12,14H,5-7,13H2,1-4H3. The van der Waals surface area contributed by atoms with Crippen molar-refractivity contribution in [3.8, 4) is 0 Å². The van der Waals surface area contributed by atoms with E-state index >= 15 is 0 Å². The van der Waals surface area contributed by atoms with Crippen LogP contribution in [0.3, 0.4) is 0 Å². The molecule has 0 atom stereocenters. The highest BCUT2D eigenvalue weighted by Crippen LogP contribution is 2.14. The fraction of sp³-hybridized carbons (Fsp3) is 0.450. The van der Waals surface area contributed by atoms with Crippen molar-refractivity contribution in [2.24, 2.45) is 5.92 Å². The number of nitrogens with zero attached hydrogens (tertiary/aromatic N) is 2. The lowest BCUT2D eigenvalue weighted by molar-refractivity contribution is 0.0746. The highest BCUT2D eigenvalue weighted by atomic mass is 16.4. The van der Waals surface area contributed by atoms with Gasteiger partial charge in [0.05, 0.1) is 0 Å². The highest BCUT2D eigenvalue weighted by molar-refractivity contribution is 5.95. The summed E-state index contributed by atoms with van der Waals surface area (Å²) in [6, 6.07) is 5.54. The third-order valence-corrected chi connectivity index (χ3v) is 4.17. The quantitative estimate of drug-likeness (QED) is 0.771. The van der Waals surface area contributed by atoms with E-state index in [1.807, 2.05) is 25.1 Å². The minimum Gasteiger partial charge on any atom is -0.427 e. The van der Waals surface area contributed by atoms with Gasteiger partial charge in [-0.3, -0.25) is 9.78 Å². The number of rotatable bonds is 7. The van der Waals surface area contributed by atoms with Gasteiger partial charge in [-0.2, -0.15) is 0 Å². The number of hydrogen-bond donors (Lipinski definition) is 0. The smallest absolute Gasteiger partial charge is 0.349 e. The molecule has 2 heterocycles. The Balaban J connectivity index is 2.23. The minimum absolute atomic E-state index is 0.129. The van der Waals surface area contributed by atoms with Crippen LogP contribution in [-0.2, 0) is 13.0 Å². The third-order valence-electron chi connectivity index (χ3n) is 4.17. The molecule has 5 heteroatoms. The second-order valence-corrected chi connectivity index (χ2v) is 6.67. The van der Waals surface area contributed by atoms with Crippen molar-refractivity contribution in [3.05, 3.63) is 63.5 Å². The number of carbonyl (C=O) groups is 1. The van der Waals surface area contributed by atoms with Gasteiger partial charge in [0.2, 0.25) is 0 Å². The first-order valence-corrected chi connectivity index (χ1v) is 8.74. The first-order chi connectivity index (χ1) is 11.9. The van der Waals surface area contributed by atoms with E-state index in [0.717, 1.165) is 12.0 Å². The predicted molar refractivity (Wildman–Crippen MR) is 97.5 cm³/mol. The Bertz CT molecular complexity index is 766. The first kappa shape index (κ1) is 18.9. The van der Waals surface area contributed by atoms with Crippen LogP contribution in [0.4, 0.5) is 0 Å². The van der Waals surface area contributed by atoms with Crippen LogP contribution in [0.15, 0.2) is 39.8 Å². The molecule has 0 bridgehead atoms. The average Bonchev–Trinajstić information content (AvgIpc) is 2.58. The molecule has 25 heavy (non-hydrogen) atoms. The zero-order valence-corrected chi connectivity index (χ0v) is 15.4. The van der Waals surface area contributed by atoms with Crippen LogP contribution in [0, 0.1) is 12.8 Å². The molecule has 0 aliphatic carbocycles. The topological polar surface area (TPSA) is 63.4 Å². The van der Waals surface area contributed by atoms with Gasteiger partial charge in [0.25, 0.3) is 5.91 Å². The lowest BCUT2D eigenvalue weighted by Gasteiger charge is -2.21. The maximum Gasteiger partial charge on any atom is 0.349 e. The van der Waals surface area contributed by atoms with E-state index in [4.69, 9.17) is 4.42 Å². The number of aryl methyl sites for hydroxylation is 2. The van der Waals surface area contributed by atoms with Crippen molar-refractivity contribution < 1.29 is 9.21 Å². The van der Waals surface area contributed by atoms with Gasteiger partial charge in [0.15, 0.2) is 0 Å². The van der Waals surface area contributed by atoms with Gasteiger partial charge in [-0.1, -0.05) is 13.8 Å². The van der Waals surface area contributed by atoms with Crippen LogP contribution in [0.5, 0.6) is 0 Å². The first-order valence-electron chi connectivity index (χ1n) is 8.74. The number of hydrogen-bond acceptors (Lipinski definition) is 4. The molecular formula is C20H26N2O3. The van der Waals surface area contributed by atoms with Crippen LogP contribution >= 0.6 is 0 Å². The Kier molecular flexibility index (Phi) is 6.51. The highest BCUT2D eigenvalue weighted by Gasteiger charge is 2.22. The zero-order chi connectivity index (χ0) is 18.4. The Morgan fingerprint density at radius 1 is 1.28 bits per heavy atom. The van der Waals surface area contributed by atoms with Crippen molar-refractivity contribution in [1.82, 2.24) is 9.88 Å². The maximum atomic E-state index is 12.8. The van der Waals surface area contributed by atoms with Crippen molar-refractivity contribution in [2.75, 3.05) is 6.54 Å². The van der Waals surface area contributed by atoms with Crippen LogP contribution in [-0.4, -0.2) is 22.3 Å². The molecule has 0 aliphatic heterocycles. The van der Waals surface area contributed by atoms with E-state index in [2.05, 4.69) is 18.8 Å². The molecule has 0 radical (unpaired) electrons. The molecular weight excluding hydrogens is 316 g/mol. The molecule has 134 valence electrons. The van der Waals surface area contributed by atoms with Gasteiger partial charge in [0.1, 0.15) is 11.3 Å². The normalized spacial score (nSPS) is 10.9. The van der Waals surface area contributed by atoms with Crippen molar-refractivity contribution >= 4 is 5.91 Å². The van der Waals surface area contributed by atoms with E-state index in [1.54, 1.807) is 24.2 Å². The zero-order valence-electron chi connectivity index (χ0n) is 15.4. The second-order valence-electron chi connectivity index (χ2n) is 6.67. The van der Waals surface area contributed by atoms with Gasteiger partial charge in [0, 0.05) is 31.9 Å². The lowest BCUT2D eigenvalue weighted by Crippen LogP contribution is -2.34. The van der Waals surface area contributed by atoms with Gasteiger partial charge >= 0.3 is 5.63 Å². The summed E-state index contributed by atoms with van der Waals surface area (Å²) in [5.41, 5.74) is 1.23. The van der Waals surface area contributed by atoms with Gasteiger partial charge < -0.3 is 9.32 Å². The minimum atomic E-state index is -0.545. The van der Waals surface area contributed by atoms with Crippen molar-refractivity contribution in [3.63, 3.8) is 0 Å². The average molecular weight is 342 g/mol. The number of carbonyl (C=O) groups excluding carboxylic acids is 1. The fourth-order valence-electron chi connectivity index (χ4n) is 2.68. The van der Waals surface area contributed by atoms with Crippen LogP contribution < -0.4 is 5.63 Å². The molecule has 2 aromatic rings. The Labute approximate surface area is 148 Å². The molecule has 0 fully saturated rings. The van der Waals surface area contributed by atoms with Crippen LogP contribution in [0.1, 0.15) is 54.4 Å². The summed E-state index contributed by atoms with van der Waals surface area (Å²) < 4.78 is 5.39. The Hall–Kier alpha value is -2.43. The Morgan fingerprint density at radius 2 is 1.96 bits per heavy atom. The second kappa shape index (κ2) is 8.60. The summed E-state index contributed by atoms with van der Waals surface area (Å²) in [4.78, 5) is 30.9. The van der Waals surface area contributed by atoms with E-state index < -0.39 is 5.63 Å². The molecule has 2 rings (SSSR count). The summed E-state index contributed by atoms with van der Waals surface area (Å²) in [5.74, 6) is 0.883. The molecule has 0 N–H and O–H groups in total. The van der Waals surface area contributed by atoms with Crippen LogP contribution in [0.25, 0.3) is 0 Å². The van der Waals surface area contributed by atoms with Crippen molar-refractivity contribution in [1.29, 1.82) is 0 Å². The summed E-state index contributed by atoms with van der Waals surface area (Å²) in [6.07, 6.45) is 5.03. The van der Waals surface area contributed by atoms with Gasteiger partial charge in [-0.25, -0.2) is 4.79 Å². The summed E-state index contributed by atoms with van der Waals surface area (Å²) in [6.45, 7) is 8.89. The monoisotopic (exact) mass is 342 g/mol. The molecule has 2 aromatic heterocycles. The SMILES string of the molecule is CCN(Cc1ccncc1)C(=O)c1c(C)cc(CCC(C)C)oc1=O. The van der Waals surface area contributed by atoms with Crippen LogP contribution in [0.2, 0.25) is 0 Å². The summed E-state index contributed by atoms with van der Waals surface area (Å²) >= 11 is 0. The number of pyridine rings is 1. The molecule has 1 amide bonds. The third kappa shape index (κ3) is 5.02. The molecule has 0 aliphatic rings. The fourth-order valence-corrected chi connectivity index (χ4v) is 2.68. The lowest BCUT2D eigenvalue weighted by atomic mass is 10.0. The van der Waals surface area contributed by atoms with Crippen molar-refractivity contribution in [2.45, 2.75) is 47.1 Å². The van der Waals surface area contributed by atoms with Gasteiger partial charge in [-0.15, -0.1) is 0 Å². The number of amides is 1. The van der Waals surface area contributed by atoms with Gasteiger partial charge in [-0.05, 0) is 55.5 Å². The summed E-state index contributed by atoms with van der Waals surface area (Å²) in [7, 11) is 0. The molecule has 0 aromatic carbocycles. The molecule has 0 saturated carbocycles. The maximum absolute atomic E-state index is 12.8. The molecule has 5 nitrogen and oxygen atoms in total. The molecule has 0 spiro atoms. The summed E-state index contributed by atoms with van der Waals surface area (Å²) in [5, 5.41) is 0. The van der Waals surface area contributed by atoms with E-state index in [1.165, 1.54) is 0 Å². The van der Waals surface area contributed by atoms with E-state index in [0.29, 0.717) is 36.8 Å². The predicted octanol–water partition coefficient (Wildman–Crippen LogP) is 3.59. The molecule has 0 unspecified atom stereocenters. The van der Waals surface area contributed by atoms with E-state index in [-0.39, 0.29) is 11.5 Å². The largest absolute Gasteiger partial charge is 0.427 e.